The molecule has 1 aliphatic heterocycles. The van der Waals surface area contributed by atoms with Crippen molar-refractivity contribution < 1.29 is 10.0 Å². The molecule has 3 aromatic rings. The van der Waals surface area contributed by atoms with Crippen LogP contribution in [0.2, 0.25) is 0 Å². The van der Waals surface area contributed by atoms with E-state index in [4.69, 9.17) is 5.21 Å². The van der Waals surface area contributed by atoms with Crippen LogP contribution in [0.3, 0.4) is 0 Å². The number of amides is 1. The molecular weight excluding hydrogens is 388 g/mol. The molecule has 3 N–H and O–H groups in total. The van der Waals surface area contributed by atoms with E-state index < -0.39 is 5.91 Å². The second-order valence-electron chi connectivity index (χ2n) is 8.14. The summed E-state index contributed by atoms with van der Waals surface area (Å²) in [5.41, 5.74) is 7.55. The van der Waals surface area contributed by atoms with Crippen LogP contribution in [0, 0.1) is 0 Å². The van der Waals surface area contributed by atoms with Gasteiger partial charge in [-0.1, -0.05) is 29.8 Å². The van der Waals surface area contributed by atoms with Crippen LogP contribution in [0.15, 0.2) is 60.3 Å². The van der Waals surface area contributed by atoms with E-state index in [1.807, 2.05) is 18.3 Å². The summed E-state index contributed by atoms with van der Waals surface area (Å²) in [4.78, 5) is 18.5. The predicted octanol–water partition coefficient (Wildman–Crippen LogP) is 4.47. The number of rotatable bonds is 7. The molecule has 0 spiro atoms. The molecule has 2 aromatic carbocycles. The number of hydrogen-bond acceptors (Lipinski definition) is 5. The lowest BCUT2D eigenvalue weighted by Crippen LogP contribution is -2.18. The van der Waals surface area contributed by atoms with E-state index >= 15 is 0 Å². The van der Waals surface area contributed by atoms with Crippen molar-refractivity contribution in [2.45, 2.75) is 26.3 Å². The van der Waals surface area contributed by atoms with Crippen molar-refractivity contribution in [1.29, 1.82) is 0 Å². The summed E-state index contributed by atoms with van der Waals surface area (Å²) in [6.45, 7) is 6.15. The summed E-state index contributed by atoms with van der Waals surface area (Å²) < 4.78 is 0. The van der Waals surface area contributed by atoms with Gasteiger partial charge in [-0.2, -0.15) is 0 Å². The Morgan fingerprint density at radius 3 is 2.65 bits per heavy atom. The van der Waals surface area contributed by atoms with Gasteiger partial charge in [0.1, 0.15) is 0 Å². The molecule has 1 aliphatic rings. The highest BCUT2D eigenvalue weighted by molar-refractivity contribution is 5.93. The monoisotopic (exact) mass is 416 g/mol. The molecule has 6 heteroatoms. The molecule has 2 heterocycles. The zero-order valence-electron chi connectivity index (χ0n) is 17.8. The Morgan fingerprint density at radius 1 is 1.13 bits per heavy atom. The third kappa shape index (κ3) is 5.48. The van der Waals surface area contributed by atoms with Gasteiger partial charge < -0.3 is 5.32 Å². The molecule has 160 valence electrons. The number of carbonyl (C=O) groups is 1. The summed E-state index contributed by atoms with van der Waals surface area (Å²) in [5.74, 6) is -0.513. The molecule has 31 heavy (non-hydrogen) atoms. The van der Waals surface area contributed by atoms with E-state index in [9.17, 15) is 4.79 Å². The fourth-order valence-corrected chi connectivity index (χ4v) is 3.95. The Balaban J connectivity index is 1.40. The first-order valence-corrected chi connectivity index (χ1v) is 10.7. The van der Waals surface area contributed by atoms with Gasteiger partial charge in [-0.3, -0.25) is 19.9 Å². The summed E-state index contributed by atoms with van der Waals surface area (Å²) in [7, 11) is 0. The number of fused-ring (bicyclic) bond motifs is 1. The first kappa shape index (κ1) is 21.0. The number of aromatic nitrogens is 1. The van der Waals surface area contributed by atoms with Crippen molar-refractivity contribution in [2.24, 2.45) is 0 Å². The third-order valence-electron chi connectivity index (χ3n) is 5.61. The number of benzene rings is 2. The Morgan fingerprint density at radius 2 is 1.90 bits per heavy atom. The number of nitrogens with zero attached hydrogens (tertiary/aromatic N) is 2. The van der Waals surface area contributed by atoms with Crippen LogP contribution in [0.1, 0.15) is 41.3 Å². The minimum absolute atomic E-state index is 0.418. The van der Waals surface area contributed by atoms with Gasteiger partial charge in [0.05, 0.1) is 17.4 Å². The van der Waals surface area contributed by atoms with E-state index in [0.717, 1.165) is 34.3 Å². The van der Waals surface area contributed by atoms with Crippen LogP contribution in [0.4, 0.5) is 5.69 Å². The van der Waals surface area contributed by atoms with Crippen molar-refractivity contribution in [1.82, 2.24) is 15.4 Å². The number of nitrogens with one attached hydrogen (secondary N) is 2. The molecule has 0 bridgehead atoms. The molecule has 1 fully saturated rings. The molecule has 1 saturated heterocycles. The van der Waals surface area contributed by atoms with E-state index in [-0.39, 0.29) is 0 Å². The first-order chi connectivity index (χ1) is 15.1. The van der Waals surface area contributed by atoms with E-state index in [1.165, 1.54) is 31.5 Å². The normalized spacial score (nSPS) is 14.7. The summed E-state index contributed by atoms with van der Waals surface area (Å²) in [5, 5.41) is 13.3. The number of pyridine rings is 1. The lowest BCUT2D eigenvalue weighted by atomic mass is 10.1. The quantitative estimate of drug-likeness (QED) is 0.391. The van der Waals surface area contributed by atoms with Crippen molar-refractivity contribution >= 4 is 28.6 Å². The van der Waals surface area contributed by atoms with Crippen molar-refractivity contribution in [2.75, 3.05) is 25.0 Å². The van der Waals surface area contributed by atoms with Gasteiger partial charge in [0.25, 0.3) is 5.91 Å². The highest BCUT2D eigenvalue weighted by Crippen LogP contribution is 2.21. The maximum atomic E-state index is 11.4. The van der Waals surface area contributed by atoms with Crippen molar-refractivity contribution in [3.05, 3.63) is 77.0 Å². The minimum Gasteiger partial charge on any atom is -0.380 e. The number of likely N-dealkylation sites (tertiary alicyclic amines) is 1. The Bertz CT molecular complexity index is 1090. The van der Waals surface area contributed by atoms with Gasteiger partial charge in [0.2, 0.25) is 0 Å². The van der Waals surface area contributed by atoms with Gasteiger partial charge in [-0.05, 0) is 74.3 Å². The molecule has 6 nitrogen and oxygen atoms in total. The van der Waals surface area contributed by atoms with Crippen LogP contribution in [-0.4, -0.2) is 40.6 Å². The SMILES string of the molecule is C/C(=C\c1ccc(C(=O)NO)cc1)CNc1cnc2ccc(CN3CCCC3)cc2c1. The van der Waals surface area contributed by atoms with E-state index in [1.54, 1.807) is 17.6 Å². The second-order valence-corrected chi connectivity index (χ2v) is 8.14. The molecule has 0 atom stereocenters. The van der Waals surface area contributed by atoms with Crippen LogP contribution in [0.25, 0.3) is 17.0 Å². The summed E-state index contributed by atoms with van der Waals surface area (Å²) >= 11 is 0. The number of carbonyl (C=O) groups excluding carboxylic acids is 1. The molecule has 4 rings (SSSR count). The van der Waals surface area contributed by atoms with E-state index in [2.05, 4.69) is 52.5 Å². The van der Waals surface area contributed by atoms with Gasteiger partial charge in [0.15, 0.2) is 0 Å². The molecule has 0 aliphatic carbocycles. The van der Waals surface area contributed by atoms with E-state index in [0.29, 0.717) is 12.1 Å². The Kier molecular flexibility index (Phi) is 6.60. The molecule has 1 amide bonds. The highest BCUT2D eigenvalue weighted by atomic mass is 16.5. The summed E-state index contributed by atoms with van der Waals surface area (Å²) in [6, 6.07) is 15.8. The maximum absolute atomic E-state index is 11.4. The van der Waals surface area contributed by atoms with Crippen molar-refractivity contribution in [3.63, 3.8) is 0 Å². The molecular formula is C25H28N4O2. The zero-order chi connectivity index (χ0) is 21.6. The Hall–Kier alpha value is -3.22. The van der Waals surface area contributed by atoms with Gasteiger partial charge in [0, 0.05) is 24.0 Å². The highest BCUT2D eigenvalue weighted by Gasteiger charge is 2.12. The molecule has 0 unspecified atom stereocenters. The molecule has 0 radical (unpaired) electrons. The average Bonchev–Trinajstić information content (AvgIpc) is 3.30. The van der Waals surface area contributed by atoms with Crippen molar-refractivity contribution in [3.8, 4) is 0 Å². The Labute approximate surface area is 182 Å². The minimum atomic E-state index is -0.513. The zero-order valence-corrected chi connectivity index (χ0v) is 17.8. The third-order valence-corrected chi connectivity index (χ3v) is 5.61. The lowest BCUT2D eigenvalue weighted by Gasteiger charge is -2.15. The largest absolute Gasteiger partial charge is 0.380 e. The standard InChI is InChI=1S/C25H28N4O2/c1-18(12-19-4-7-21(8-5-19)25(30)28-31)15-26-23-14-22-13-20(6-9-24(22)27-16-23)17-29-10-2-3-11-29/h4-9,12-14,16,26,31H,2-3,10-11,15,17H2,1H3,(H,28,30)/b18-12+. The number of hydroxylamine groups is 1. The smallest absolute Gasteiger partial charge is 0.274 e. The second kappa shape index (κ2) is 9.73. The number of anilines is 1. The first-order valence-electron chi connectivity index (χ1n) is 10.7. The lowest BCUT2D eigenvalue weighted by molar-refractivity contribution is 0.0706. The maximum Gasteiger partial charge on any atom is 0.274 e. The van der Waals surface area contributed by atoms with Crippen LogP contribution < -0.4 is 10.8 Å². The molecule has 1 aromatic heterocycles. The predicted molar refractivity (Wildman–Crippen MR) is 124 cm³/mol. The number of hydrogen-bond donors (Lipinski definition) is 3. The topological polar surface area (TPSA) is 77.5 Å². The van der Waals surface area contributed by atoms with Gasteiger partial charge in [-0.25, -0.2) is 5.48 Å². The van der Waals surface area contributed by atoms with Crippen LogP contribution in [-0.2, 0) is 6.54 Å². The fourth-order valence-electron chi connectivity index (χ4n) is 3.95. The van der Waals surface area contributed by atoms with Crippen LogP contribution in [0.5, 0.6) is 0 Å². The van der Waals surface area contributed by atoms with Gasteiger partial charge in [-0.15, -0.1) is 0 Å². The van der Waals surface area contributed by atoms with Crippen LogP contribution >= 0.6 is 0 Å². The molecule has 0 saturated carbocycles. The average molecular weight is 417 g/mol. The summed E-state index contributed by atoms with van der Waals surface area (Å²) in [6.07, 6.45) is 6.55. The fraction of sp³-hybridized carbons (Fsp3) is 0.280. The van der Waals surface area contributed by atoms with Gasteiger partial charge >= 0.3 is 0 Å².